The third-order valence-electron chi connectivity index (χ3n) is 4.87. The third-order valence-corrected chi connectivity index (χ3v) is 6.69. The van der Waals surface area contributed by atoms with Crippen LogP contribution in [0, 0.1) is 12.7 Å². The summed E-state index contributed by atoms with van der Waals surface area (Å²) in [4.78, 5) is 26.8. The van der Waals surface area contributed by atoms with Gasteiger partial charge in [0.15, 0.2) is 0 Å². The van der Waals surface area contributed by atoms with E-state index in [-0.39, 0.29) is 17.3 Å². The standard InChI is InChI=1S/C22H28FN3O4S/c1-5-24-22(28)17(3)26(14-18-8-10-19(23)11-9-18)21(27)15-25(4)31(29,30)20-12-6-16(2)7-13-20/h6-13,17H,5,14-15H2,1-4H3,(H,24,28)/t17-/m1/s1. The number of hydrogen-bond acceptors (Lipinski definition) is 4. The number of nitrogens with zero attached hydrogens (tertiary/aromatic N) is 2. The highest BCUT2D eigenvalue weighted by Gasteiger charge is 2.30. The quantitative estimate of drug-likeness (QED) is 0.637. The number of amides is 2. The number of aryl methyl sites for hydroxylation is 1. The second kappa shape index (κ2) is 10.5. The van der Waals surface area contributed by atoms with Crippen molar-refractivity contribution in [2.75, 3.05) is 20.1 Å². The van der Waals surface area contributed by atoms with Crippen LogP contribution in [-0.2, 0) is 26.2 Å². The van der Waals surface area contributed by atoms with Crippen molar-refractivity contribution in [2.24, 2.45) is 0 Å². The zero-order valence-electron chi connectivity index (χ0n) is 18.1. The molecule has 31 heavy (non-hydrogen) atoms. The smallest absolute Gasteiger partial charge is 0.243 e. The topological polar surface area (TPSA) is 86.8 Å². The summed E-state index contributed by atoms with van der Waals surface area (Å²) in [5.74, 6) is -1.31. The lowest BCUT2D eigenvalue weighted by molar-refractivity contribution is -0.140. The molecule has 0 radical (unpaired) electrons. The van der Waals surface area contributed by atoms with Gasteiger partial charge >= 0.3 is 0 Å². The predicted molar refractivity (Wildman–Crippen MR) is 116 cm³/mol. The van der Waals surface area contributed by atoms with Gasteiger partial charge in [-0.05, 0) is 50.6 Å². The van der Waals surface area contributed by atoms with E-state index >= 15 is 0 Å². The van der Waals surface area contributed by atoms with E-state index in [0.717, 1.165) is 9.87 Å². The first-order chi connectivity index (χ1) is 14.6. The molecule has 168 valence electrons. The minimum absolute atomic E-state index is 0.0375. The van der Waals surface area contributed by atoms with Crippen LogP contribution in [0.15, 0.2) is 53.4 Å². The monoisotopic (exact) mass is 449 g/mol. The van der Waals surface area contributed by atoms with Crippen LogP contribution in [0.1, 0.15) is 25.0 Å². The lowest BCUT2D eigenvalue weighted by Crippen LogP contribution is -2.50. The Morgan fingerprint density at radius 3 is 2.19 bits per heavy atom. The number of likely N-dealkylation sites (N-methyl/N-ethyl adjacent to an activating group) is 2. The van der Waals surface area contributed by atoms with Crippen molar-refractivity contribution in [3.63, 3.8) is 0 Å². The van der Waals surface area contributed by atoms with E-state index in [1.165, 1.54) is 48.3 Å². The summed E-state index contributed by atoms with van der Waals surface area (Å²) in [6.07, 6.45) is 0. The van der Waals surface area contributed by atoms with Gasteiger partial charge in [-0.25, -0.2) is 12.8 Å². The van der Waals surface area contributed by atoms with Crippen LogP contribution in [0.2, 0.25) is 0 Å². The normalized spacial score (nSPS) is 12.5. The molecule has 2 aromatic rings. The van der Waals surface area contributed by atoms with Gasteiger partial charge in [0.05, 0.1) is 11.4 Å². The molecular weight excluding hydrogens is 421 g/mol. The lowest BCUT2D eigenvalue weighted by atomic mass is 10.1. The van der Waals surface area contributed by atoms with Gasteiger partial charge in [0.2, 0.25) is 21.8 Å². The third kappa shape index (κ3) is 6.35. The van der Waals surface area contributed by atoms with Gasteiger partial charge in [0.1, 0.15) is 11.9 Å². The van der Waals surface area contributed by atoms with E-state index in [1.54, 1.807) is 26.0 Å². The molecule has 0 saturated carbocycles. The number of hydrogen-bond donors (Lipinski definition) is 1. The first kappa shape index (κ1) is 24.5. The Hall–Kier alpha value is -2.78. The SMILES string of the molecule is CCNC(=O)[C@@H](C)N(Cc1ccc(F)cc1)C(=O)CN(C)S(=O)(=O)c1ccc(C)cc1. The fourth-order valence-corrected chi connectivity index (χ4v) is 4.07. The van der Waals surface area contributed by atoms with Crippen molar-refractivity contribution in [1.82, 2.24) is 14.5 Å². The molecule has 0 unspecified atom stereocenters. The second-order valence-corrected chi connectivity index (χ2v) is 9.34. The number of benzene rings is 2. The summed E-state index contributed by atoms with van der Waals surface area (Å²) < 4.78 is 39.9. The van der Waals surface area contributed by atoms with Crippen molar-refractivity contribution in [3.05, 3.63) is 65.5 Å². The van der Waals surface area contributed by atoms with Crippen LogP contribution in [0.3, 0.4) is 0 Å². The van der Waals surface area contributed by atoms with E-state index in [2.05, 4.69) is 5.32 Å². The summed E-state index contributed by atoms with van der Waals surface area (Å²) in [7, 11) is -2.56. The first-order valence-electron chi connectivity index (χ1n) is 9.91. The average Bonchev–Trinajstić information content (AvgIpc) is 2.73. The molecule has 0 aliphatic heterocycles. The van der Waals surface area contributed by atoms with E-state index in [0.29, 0.717) is 12.1 Å². The molecule has 9 heteroatoms. The molecule has 0 saturated heterocycles. The van der Waals surface area contributed by atoms with Gasteiger partial charge in [-0.15, -0.1) is 0 Å². The maximum Gasteiger partial charge on any atom is 0.243 e. The van der Waals surface area contributed by atoms with E-state index < -0.39 is 34.3 Å². The highest BCUT2D eigenvalue weighted by molar-refractivity contribution is 7.89. The van der Waals surface area contributed by atoms with Gasteiger partial charge in [0, 0.05) is 20.1 Å². The van der Waals surface area contributed by atoms with Crippen molar-refractivity contribution >= 4 is 21.8 Å². The average molecular weight is 450 g/mol. The number of carbonyl (C=O) groups is 2. The summed E-state index contributed by atoms with van der Waals surface area (Å²) in [5, 5.41) is 2.67. The molecule has 0 bridgehead atoms. The van der Waals surface area contributed by atoms with Crippen LogP contribution in [0.25, 0.3) is 0 Å². The Morgan fingerprint density at radius 2 is 1.65 bits per heavy atom. The van der Waals surface area contributed by atoms with E-state index in [4.69, 9.17) is 0 Å². The largest absolute Gasteiger partial charge is 0.355 e. The molecule has 2 amide bonds. The molecule has 2 aromatic carbocycles. The Labute approximate surface area is 182 Å². The Bertz CT molecular complexity index is 1010. The van der Waals surface area contributed by atoms with Crippen molar-refractivity contribution in [1.29, 1.82) is 0 Å². The number of carbonyl (C=O) groups excluding carboxylic acids is 2. The van der Waals surface area contributed by atoms with Crippen LogP contribution in [0.5, 0.6) is 0 Å². The summed E-state index contributed by atoms with van der Waals surface area (Å²) in [6, 6.07) is 11.1. The zero-order valence-corrected chi connectivity index (χ0v) is 18.9. The summed E-state index contributed by atoms with van der Waals surface area (Å²) in [6.45, 7) is 5.17. The molecule has 0 aliphatic carbocycles. The summed E-state index contributed by atoms with van der Waals surface area (Å²) >= 11 is 0. The van der Waals surface area contributed by atoms with Gasteiger partial charge in [0.25, 0.3) is 0 Å². The minimum atomic E-state index is -3.88. The molecule has 1 N–H and O–H groups in total. The van der Waals surface area contributed by atoms with Gasteiger partial charge in [-0.3, -0.25) is 9.59 Å². The fourth-order valence-electron chi connectivity index (χ4n) is 2.95. The number of rotatable bonds is 9. The number of nitrogens with one attached hydrogen (secondary N) is 1. The molecule has 0 aliphatic rings. The molecule has 0 heterocycles. The summed E-state index contributed by atoms with van der Waals surface area (Å²) in [5.41, 5.74) is 1.54. The zero-order chi connectivity index (χ0) is 23.2. The first-order valence-corrected chi connectivity index (χ1v) is 11.3. The maximum absolute atomic E-state index is 13.2. The molecule has 7 nitrogen and oxygen atoms in total. The molecule has 2 rings (SSSR count). The highest BCUT2D eigenvalue weighted by Crippen LogP contribution is 2.17. The van der Waals surface area contributed by atoms with Crippen molar-refractivity contribution in [2.45, 2.75) is 38.3 Å². The van der Waals surface area contributed by atoms with Crippen molar-refractivity contribution < 1.29 is 22.4 Å². The highest BCUT2D eigenvalue weighted by atomic mass is 32.2. The second-order valence-electron chi connectivity index (χ2n) is 7.29. The molecule has 1 atom stereocenters. The minimum Gasteiger partial charge on any atom is -0.355 e. The van der Waals surface area contributed by atoms with Crippen LogP contribution >= 0.6 is 0 Å². The van der Waals surface area contributed by atoms with Gasteiger partial charge in [-0.1, -0.05) is 29.8 Å². The molecule has 0 aromatic heterocycles. The number of sulfonamides is 1. The Balaban J connectivity index is 2.25. The molecule has 0 fully saturated rings. The maximum atomic E-state index is 13.2. The van der Waals surface area contributed by atoms with Gasteiger partial charge < -0.3 is 10.2 Å². The molecule has 0 spiro atoms. The van der Waals surface area contributed by atoms with Crippen LogP contribution < -0.4 is 5.32 Å². The van der Waals surface area contributed by atoms with Gasteiger partial charge in [-0.2, -0.15) is 4.31 Å². The van der Waals surface area contributed by atoms with Crippen LogP contribution in [-0.4, -0.2) is 55.6 Å². The molecular formula is C22H28FN3O4S. The van der Waals surface area contributed by atoms with E-state index in [9.17, 15) is 22.4 Å². The number of halogens is 1. The van der Waals surface area contributed by atoms with E-state index in [1.807, 2.05) is 6.92 Å². The Kier molecular flexibility index (Phi) is 8.29. The lowest BCUT2D eigenvalue weighted by Gasteiger charge is -2.30. The predicted octanol–water partition coefficient (Wildman–Crippen LogP) is 2.31. The van der Waals surface area contributed by atoms with Crippen LogP contribution in [0.4, 0.5) is 4.39 Å². The van der Waals surface area contributed by atoms with Crippen molar-refractivity contribution in [3.8, 4) is 0 Å². The Morgan fingerprint density at radius 1 is 1.06 bits per heavy atom. The fraction of sp³-hybridized carbons (Fsp3) is 0.364.